The highest BCUT2D eigenvalue weighted by Crippen LogP contribution is 2.42. The van der Waals surface area contributed by atoms with Crippen LogP contribution in [0.4, 0.5) is 0 Å². The summed E-state index contributed by atoms with van der Waals surface area (Å²) in [5.41, 5.74) is 0. The topological polar surface area (TPSA) is 27.7 Å². The Kier molecular flexibility index (Phi) is 9.83. The van der Waals surface area contributed by atoms with Crippen LogP contribution in [-0.4, -0.2) is 42.1 Å². The molecule has 1 aliphatic carbocycles. The third-order valence-electron chi connectivity index (χ3n) is 9.43. The average Bonchev–Trinajstić information content (AvgIpc) is 3.03. The Labute approximate surface area is 267 Å². The molecule has 0 N–H and O–H groups in total. The molecule has 4 aromatic rings. The van der Waals surface area contributed by atoms with E-state index in [1.807, 2.05) is 7.11 Å². The molecule has 0 aliphatic heterocycles. The Morgan fingerprint density at radius 2 is 0.682 bits per heavy atom. The minimum atomic E-state index is -2.73. The molecule has 0 radical (unpaired) electrons. The SMILES string of the molecule is COC1CC(O[Si](c2ccccc2)(c2ccccc2)C(C)(C)C)CC(O[Si](c2ccccc2)(c2ccccc2)C(C)(C)C)C1. The Hall–Kier alpha value is -2.81. The zero-order valence-corrected chi connectivity index (χ0v) is 29.6. The fourth-order valence-electron chi connectivity index (χ4n) is 7.44. The molecule has 0 spiro atoms. The maximum absolute atomic E-state index is 7.68. The summed E-state index contributed by atoms with van der Waals surface area (Å²) in [6.45, 7) is 14.1. The Morgan fingerprint density at radius 3 is 0.909 bits per heavy atom. The predicted octanol–water partition coefficient (Wildman–Crippen LogP) is 7.08. The van der Waals surface area contributed by atoms with Crippen molar-refractivity contribution < 1.29 is 13.6 Å². The van der Waals surface area contributed by atoms with Crippen LogP contribution >= 0.6 is 0 Å². The molecule has 4 aromatic carbocycles. The molecule has 232 valence electrons. The number of rotatable bonds is 9. The van der Waals surface area contributed by atoms with Crippen molar-refractivity contribution in [2.45, 2.75) is 89.2 Å². The lowest BCUT2D eigenvalue weighted by Gasteiger charge is -2.49. The van der Waals surface area contributed by atoms with Gasteiger partial charge in [0.05, 0.1) is 18.3 Å². The standard InChI is InChI=1S/C39H50O3Si2/c1-38(2,3)43(34-20-12-8-13-21-34,35-22-14-9-15-23-35)41-32-28-31(40-7)29-33(30-32)42-44(39(4,5)6,36-24-16-10-17-25-36)37-26-18-11-19-27-37/h8-27,31-33H,28-30H2,1-7H3. The van der Waals surface area contributed by atoms with Crippen LogP contribution in [0, 0.1) is 0 Å². The summed E-state index contributed by atoms with van der Waals surface area (Å²) in [5.74, 6) is 0. The smallest absolute Gasteiger partial charge is 0.261 e. The molecule has 5 heteroatoms. The monoisotopic (exact) mass is 622 g/mol. The van der Waals surface area contributed by atoms with Gasteiger partial charge in [-0.2, -0.15) is 0 Å². The molecule has 1 fully saturated rings. The third-order valence-corrected chi connectivity index (χ3v) is 19.6. The van der Waals surface area contributed by atoms with Crippen molar-refractivity contribution in [1.82, 2.24) is 0 Å². The van der Waals surface area contributed by atoms with Gasteiger partial charge in [0, 0.05) is 7.11 Å². The number of ether oxygens (including phenoxy) is 1. The minimum absolute atomic E-state index is 0.00298. The molecule has 2 unspecified atom stereocenters. The molecule has 44 heavy (non-hydrogen) atoms. The molecule has 0 amide bonds. The molecule has 0 bridgehead atoms. The van der Waals surface area contributed by atoms with Gasteiger partial charge in [-0.1, -0.05) is 163 Å². The number of benzene rings is 4. The second-order valence-electron chi connectivity index (χ2n) is 14.4. The van der Waals surface area contributed by atoms with Gasteiger partial charge in [0.1, 0.15) is 0 Å². The second-order valence-corrected chi connectivity index (χ2v) is 22.9. The first-order valence-corrected chi connectivity index (χ1v) is 19.9. The highest BCUT2D eigenvalue weighted by Gasteiger charge is 2.54. The van der Waals surface area contributed by atoms with Crippen molar-refractivity contribution in [2.75, 3.05) is 7.11 Å². The van der Waals surface area contributed by atoms with Gasteiger partial charge in [0.15, 0.2) is 0 Å². The normalized spacial score (nSPS) is 19.9. The van der Waals surface area contributed by atoms with Gasteiger partial charge >= 0.3 is 0 Å². The van der Waals surface area contributed by atoms with Crippen LogP contribution in [-0.2, 0) is 13.6 Å². The van der Waals surface area contributed by atoms with E-state index in [1.165, 1.54) is 20.7 Å². The van der Waals surface area contributed by atoms with Crippen molar-refractivity contribution in [1.29, 1.82) is 0 Å². The third kappa shape index (κ3) is 6.31. The van der Waals surface area contributed by atoms with E-state index in [2.05, 4.69) is 163 Å². The first-order chi connectivity index (χ1) is 21.0. The summed E-state index contributed by atoms with van der Waals surface area (Å²) < 4.78 is 21.5. The maximum Gasteiger partial charge on any atom is 0.261 e. The fourth-order valence-corrected chi connectivity index (χ4v) is 16.9. The van der Waals surface area contributed by atoms with Crippen molar-refractivity contribution in [3.05, 3.63) is 121 Å². The van der Waals surface area contributed by atoms with E-state index in [0.717, 1.165) is 19.3 Å². The van der Waals surface area contributed by atoms with Crippen LogP contribution < -0.4 is 20.7 Å². The molecule has 2 atom stereocenters. The lowest BCUT2D eigenvalue weighted by atomic mass is 9.93. The number of hydrogen-bond acceptors (Lipinski definition) is 3. The van der Waals surface area contributed by atoms with E-state index in [-0.39, 0.29) is 28.4 Å². The maximum atomic E-state index is 7.68. The minimum Gasteiger partial charge on any atom is -0.404 e. The number of methoxy groups -OCH3 is 1. The van der Waals surface area contributed by atoms with E-state index >= 15 is 0 Å². The molecular weight excluding hydrogens is 573 g/mol. The summed E-state index contributed by atoms with van der Waals surface area (Å²) in [4.78, 5) is 0. The first kappa shape index (κ1) is 32.6. The molecule has 0 aromatic heterocycles. The molecule has 3 nitrogen and oxygen atoms in total. The Bertz CT molecular complexity index is 1260. The summed E-state index contributed by atoms with van der Waals surface area (Å²) in [6.07, 6.45) is 2.64. The van der Waals surface area contributed by atoms with Crippen LogP contribution in [0.2, 0.25) is 10.1 Å². The van der Waals surface area contributed by atoms with Gasteiger partial charge in [-0.25, -0.2) is 0 Å². The Morgan fingerprint density at radius 1 is 0.432 bits per heavy atom. The summed E-state index contributed by atoms with van der Waals surface area (Å²) >= 11 is 0. The van der Waals surface area contributed by atoms with E-state index < -0.39 is 16.6 Å². The van der Waals surface area contributed by atoms with Crippen LogP contribution in [0.15, 0.2) is 121 Å². The summed E-state index contributed by atoms with van der Waals surface area (Å²) in [5, 5.41) is 5.05. The zero-order valence-electron chi connectivity index (χ0n) is 27.6. The Balaban J connectivity index is 1.59. The molecule has 5 rings (SSSR count). The van der Waals surface area contributed by atoms with Gasteiger partial charge in [0.25, 0.3) is 16.6 Å². The van der Waals surface area contributed by atoms with Gasteiger partial charge < -0.3 is 13.6 Å². The van der Waals surface area contributed by atoms with E-state index in [1.54, 1.807) is 0 Å². The fraction of sp³-hybridized carbons (Fsp3) is 0.385. The van der Waals surface area contributed by atoms with Gasteiger partial charge in [-0.3, -0.25) is 0 Å². The molecular formula is C39H50O3Si2. The van der Waals surface area contributed by atoms with Gasteiger partial charge in [-0.15, -0.1) is 0 Å². The van der Waals surface area contributed by atoms with Crippen molar-refractivity contribution in [2.24, 2.45) is 0 Å². The largest absolute Gasteiger partial charge is 0.404 e. The summed E-state index contributed by atoms with van der Waals surface area (Å²) in [7, 11) is -3.62. The average molecular weight is 623 g/mol. The molecule has 0 heterocycles. The molecule has 0 saturated heterocycles. The predicted molar refractivity (Wildman–Crippen MR) is 190 cm³/mol. The van der Waals surface area contributed by atoms with Crippen molar-refractivity contribution >= 4 is 37.4 Å². The zero-order chi connectivity index (χ0) is 31.4. The van der Waals surface area contributed by atoms with Crippen LogP contribution in [0.5, 0.6) is 0 Å². The van der Waals surface area contributed by atoms with Crippen molar-refractivity contribution in [3.8, 4) is 0 Å². The van der Waals surface area contributed by atoms with E-state index in [4.69, 9.17) is 13.6 Å². The van der Waals surface area contributed by atoms with Gasteiger partial charge in [0.2, 0.25) is 0 Å². The quantitative estimate of drug-likeness (QED) is 0.187. The van der Waals surface area contributed by atoms with E-state index in [0.29, 0.717) is 0 Å². The number of hydrogen-bond donors (Lipinski definition) is 0. The highest BCUT2D eigenvalue weighted by molar-refractivity contribution is 7.00. The highest BCUT2D eigenvalue weighted by atomic mass is 28.4. The van der Waals surface area contributed by atoms with E-state index in [9.17, 15) is 0 Å². The van der Waals surface area contributed by atoms with Crippen LogP contribution in [0.1, 0.15) is 60.8 Å². The summed E-state index contributed by atoms with van der Waals surface area (Å²) in [6, 6.07) is 43.9. The lowest BCUT2D eigenvalue weighted by Crippen LogP contribution is -2.69. The van der Waals surface area contributed by atoms with Crippen LogP contribution in [0.25, 0.3) is 0 Å². The van der Waals surface area contributed by atoms with Crippen LogP contribution in [0.3, 0.4) is 0 Å². The second kappa shape index (κ2) is 13.3. The first-order valence-electron chi connectivity index (χ1n) is 16.1. The van der Waals surface area contributed by atoms with Crippen molar-refractivity contribution in [3.63, 3.8) is 0 Å². The molecule has 1 saturated carbocycles. The van der Waals surface area contributed by atoms with Gasteiger partial charge in [-0.05, 0) is 50.1 Å². The molecule has 1 aliphatic rings. The lowest BCUT2D eigenvalue weighted by molar-refractivity contribution is -0.0320.